The molecular weight excluding hydrogens is 210 g/mol. The van der Waals surface area contributed by atoms with Crippen LogP contribution in [0, 0.1) is 6.92 Å². The highest BCUT2D eigenvalue weighted by Gasteiger charge is 2.05. The summed E-state index contributed by atoms with van der Waals surface area (Å²) in [4.78, 5) is 0. The number of rotatable bonds is 3. The molecule has 0 spiro atoms. The first-order valence-electron chi connectivity index (χ1n) is 5.80. The number of aryl methyl sites for hydroxylation is 1. The van der Waals surface area contributed by atoms with Gasteiger partial charge in [0, 0.05) is 0 Å². The van der Waals surface area contributed by atoms with Crippen molar-refractivity contribution in [2.24, 2.45) is 5.73 Å². The summed E-state index contributed by atoms with van der Waals surface area (Å²) in [6.45, 7) is 2.63. The first-order chi connectivity index (χ1) is 8.22. The zero-order chi connectivity index (χ0) is 12.3. The van der Waals surface area contributed by atoms with Crippen LogP contribution < -0.4 is 5.73 Å². The van der Waals surface area contributed by atoms with E-state index in [1.807, 2.05) is 24.3 Å². The van der Waals surface area contributed by atoms with Crippen LogP contribution in [0.1, 0.15) is 11.1 Å². The molecule has 0 fully saturated rings. The summed E-state index contributed by atoms with van der Waals surface area (Å²) >= 11 is 0. The Morgan fingerprint density at radius 3 is 2.59 bits per heavy atom. The molecule has 2 aromatic rings. The summed E-state index contributed by atoms with van der Waals surface area (Å²) < 4.78 is 0. The molecule has 0 amide bonds. The Balaban J connectivity index is 2.46. The average molecular weight is 227 g/mol. The summed E-state index contributed by atoms with van der Waals surface area (Å²) in [5.74, 6) is 0.327. The molecular formula is C15H17NO. The second-order valence-electron chi connectivity index (χ2n) is 4.20. The number of benzene rings is 2. The summed E-state index contributed by atoms with van der Waals surface area (Å²) in [6, 6.07) is 13.9. The number of phenolic OH excluding ortho intramolecular Hbond substituents is 1. The van der Waals surface area contributed by atoms with Gasteiger partial charge in [-0.2, -0.15) is 0 Å². The number of hydrogen-bond acceptors (Lipinski definition) is 2. The summed E-state index contributed by atoms with van der Waals surface area (Å²) in [5, 5.41) is 9.73. The fourth-order valence-corrected chi connectivity index (χ4v) is 2.01. The lowest BCUT2D eigenvalue weighted by Gasteiger charge is -2.09. The Morgan fingerprint density at radius 1 is 1.12 bits per heavy atom. The molecule has 3 N–H and O–H groups in total. The molecule has 2 aromatic carbocycles. The van der Waals surface area contributed by atoms with Gasteiger partial charge in [0.25, 0.3) is 0 Å². The van der Waals surface area contributed by atoms with Gasteiger partial charge in [-0.3, -0.25) is 0 Å². The molecule has 2 rings (SSSR count). The molecule has 0 unspecified atom stereocenters. The third-order valence-corrected chi connectivity index (χ3v) is 2.95. The van der Waals surface area contributed by atoms with Crippen LogP contribution in [-0.4, -0.2) is 11.7 Å². The normalized spacial score (nSPS) is 10.5. The quantitative estimate of drug-likeness (QED) is 0.847. The van der Waals surface area contributed by atoms with Crippen molar-refractivity contribution in [1.82, 2.24) is 0 Å². The molecule has 0 bridgehead atoms. The van der Waals surface area contributed by atoms with E-state index in [1.165, 1.54) is 11.1 Å². The zero-order valence-electron chi connectivity index (χ0n) is 9.98. The Kier molecular flexibility index (Phi) is 3.45. The van der Waals surface area contributed by atoms with E-state index in [4.69, 9.17) is 5.73 Å². The smallest absolute Gasteiger partial charge is 0.118 e. The Labute approximate surface area is 102 Å². The van der Waals surface area contributed by atoms with E-state index in [-0.39, 0.29) is 0 Å². The molecule has 88 valence electrons. The highest BCUT2D eigenvalue weighted by molar-refractivity contribution is 5.68. The molecule has 2 heteroatoms. The zero-order valence-corrected chi connectivity index (χ0v) is 9.98. The average Bonchev–Trinajstić information content (AvgIpc) is 2.33. The second kappa shape index (κ2) is 5.02. The van der Waals surface area contributed by atoms with Crippen LogP contribution in [0.3, 0.4) is 0 Å². The molecule has 0 aliphatic heterocycles. The van der Waals surface area contributed by atoms with E-state index in [0.29, 0.717) is 18.7 Å². The van der Waals surface area contributed by atoms with Gasteiger partial charge in [-0.15, -0.1) is 0 Å². The lowest BCUT2D eigenvalue weighted by atomic mass is 9.97. The van der Waals surface area contributed by atoms with Crippen molar-refractivity contribution in [1.29, 1.82) is 0 Å². The molecule has 0 radical (unpaired) electrons. The molecule has 0 aliphatic carbocycles. The fraction of sp³-hybridized carbons (Fsp3) is 0.200. The van der Waals surface area contributed by atoms with Crippen molar-refractivity contribution >= 4 is 0 Å². The van der Waals surface area contributed by atoms with Crippen molar-refractivity contribution in [3.8, 4) is 16.9 Å². The van der Waals surface area contributed by atoms with Gasteiger partial charge >= 0.3 is 0 Å². The maximum absolute atomic E-state index is 9.73. The van der Waals surface area contributed by atoms with Crippen molar-refractivity contribution in [2.75, 3.05) is 6.54 Å². The SMILES string of the molecule is Cc1ccccc1-c1ccc(O)c(CCN)c1. The highest BCUT2D eigenvalue weighted by atomic mass is 16.3. The van der Waals surface area contributed by atoms with Crippen LogP contribution in [0.2, 0.25) is 0 Å². The van der Waals surface area contributed by atoms with Crippen LogP contribution in [0.4, 0.5) is 0 Å². The van der Waals surface area contributed by atoms with Crippen molar-refractivity contribution in [3.63, 3.8) is 0 Å². The maximum atomic E-state index is 9.73. The van der Waals surface area contributed by atoms with Crippen LogP contribution >= 0.6 is 0 Å². The van der Waals surface area contributed by atoms with Gasteiger partial charge in [0.05, 0.1) is 0 Å². The summed E-state index contributed by atoms with van der Waals surface area (Å²) in [6.07, 6.45) is 0.700. The van der Waals surface area contributed by atoms with Crippen molar-refractivity contribution in [3.05, 3.63) is 53.6 Å². The molecule has 0 heterocycles. The summed E-state index contributed by atoms with van der Waals surface area (Å²) in [7, 11) is 0. The van der Waals surface area contributed by atoms with Crippen LogP contribution in [0.5, 0.6) is 5.75 Å². The topological polar surface area (TPSA) is 46.2 Å². The second-order valence-corrected chi connectivity index (χ2v) is 4.20. The first-order valence-corrected chi connectivity index (χ1v) is 5.80. The highest BCUT2D eigenvalue weighted by Crippen LogP contribution is 2.28. The molecule has 0 aromatic heterocycles. The largest absolute Gasteiger partial charge is 0.508 e. The minimum absolute atomic E-state index is 0.327. The number of nitrogens with two attached hydrogens (primary N) is 1. The predicted octanol–water partition coefficient (Wildman–Crippen LogP) is 2.87. The Hall–Kier alpha value is -1.80. The van der Waals surface area contributed by atoms with E-state index in [1.54, 1.807) is 6.07 Å². The van der Waals surface area contributed by atoms with Gasteiger partial charge < -0.3 is 10.8 Å². The van der Waals surface area contributed by atoms with E-state index < -0.39 is 0 Å². The first kappa shape index (κ1) is 11.7. The van der Waals surface area contributed by atoms with E-state index in [9.17, 15) is 5.11 Å². The molecule has 0 saturated heterocycles. The van der Waals surface area contributed by atoms with Crippen LogP contribution in [0.25, 0.3) is 11.1 Å². The number of aromatic hydroxyl groups is 1. The number of phenols is 1. The van der Waals surface area contributed by atoms with Gasteiger partial charge in [-0.1, -0.05) is 30.3 Å². The third kappa shape index (κ3) is 2.48. The van der Waals surface area contributed by atoms with Crippen molar-refractivity contribution < 1.29 is 5.11 Å². The van der Waals surface area contributed by atoms with Gasteiger partial charge in [0.1, 0.15) is 5.75 Å². The van der Waals surface area contributed by atoms with Gasteiger partial charge in [0.15, 0.2) is 0 Å². The molecule has 17 heavy (non-hydrogen) atoms. The van der Waals surface area contributed by atoms with Crippen LogP contribution in [-0.2, 0) is 6.42 Å². The lowest BCUT2D eigenvalue weighted by molar-refractivity contribution is 0.468. The summed E-state index contributed by atoms with van der Waals surface area (Å²) in [5.41, 5.74) is 10.0. The molecule has 0 atom stereocenters. The molecule has 0 saturated carbocycles. The van der Waals surface area contributed by atoms with E-state index in [0.717, 1.165) is 11.1 Å². The van der Waals surface area contributed by atoms with Gasteiger partial charge in [-0.05, 0) is 54.3 Å². The molecule has 0 aliphatic rings. The van der Waals surface area contributed by atoms with Crippen molar-refractivity contribution in [2.45, 2.75) is 13.3 Å². The minimum atomic E-state index is 0.327. The molecule has 2 nitrogen and oxygen atoms in total. The van der Waals surface area contributed by atoms with Gasteiger partial charge in [0.2, 0.25) is 0 Å². The monoisotopic (exact) mass is 227 g/mol. The maximum Gasteiger partial charge on any atom is 0.118 e. The Morgan fingerprint density at radius 2 is 1.88 bits per heavy atom. The standard InChI is InChI=1S/C15H17NO/c1-11-4-2-3-5-14(11)12-6-7-15(17)13(10-12)8-9-16/h2-7,10,17H,8-9,16H2,1H3. The van der Waals surface area contributed by atoms with Gasteiger partial charge in [-0.25, -0.2) is 0 Å². The van der Waals surface area contributed by atoms with E-state index >= 15 is 0 Å². The van der Waals surface area contributed by atoms with E-state index in [2.05, 4.69) is 19.1 Å². The third-order valence-electron chi connectivity index (χ3n) is 2.95. The number of hydrogen-bond donors (Lipinski definition) is 2. The van der Waals surface area contributed by atoms with Crippen LogP contribution in [0.15, 0.2) is 42.5 Å². The Bertz CT molecular complexity index is 520. The minimum Gasteiger partial charge on any atom is -0.508 e. The predicted molar refractivity (Wildman–Crippen MR) is 71.0 cm³/mol. The fourth-order valence-electron chi connectivity index (χ4n) is 2.01. The lowest BCUT2D eigenvalue weighted by Crippen LogP contribution is -2.03.